The maximum absolute atomic E-state index is 13.6. The Morgan fingerprint density at radius 2 is 1.84 bits per heavy atom. The van der Waals surface area contributed by atoms with Gasteiger partial charge in [-0.3, -0.25) is 4.79 Å². The van der Waals surface area contributed by atoms with Crippen molar-refractivity contribution in [2.45, 2.75) is 32.5 Å². The van der Waals surface area contributed by atoms with E-state index in [2.05, 4.69) is 30.4 Å². The standard InChI is InChI=1S/C27H26N2O3/c1-2-3-16-32-24-15-14-19-9-4-5-11-21(19)25(24)26-28-23-13-7-6-12-22(23)27(30)29(26)18-20-10-8-17-31-20/h4-15,17,26,28H,2-3,16,18H2,1H3. The van der Waals surface area contributed by atoms with Gasteiger partial charge in [0.05, 0.1) is 25.0 Å². The summed E-state index contributed by atoms with van der Waals surface area (Å²) in [5, 5.41) is 5.79. The molecule has 5 heteroatoms. The minimum Gasteiger partial charge on any atom is -0.493 e. The van der Waals surface area contributed by atoms with Crippen LogP contribution in [0, 0.1) is 0 Å². The minimum atomic E-state index is -0.398. The molecule has 1 amide bonds. The van der Waals surface area contributed by atoms with E-state index in [1.807, 2.05) is 59.5 Å². The topological polar surface area (TPSA) is 54.7 Å². The fourth-order valence-electron chi connectivity index (χ4n) is 4.26. The number of carbonyl (C=O) groups is 1. The molecule has 0 saturated carbocycles. The van der Waals surface area contributed by atoms with E-state index in [1.54, 1.807) is 6.26 Å². The number of hydrogen-bond acceptors (Lipinski definition) is 4. The zero-order valence-electron chi connectivity index (χ0n) is 18.1. The van der Waals surface area contributed by atoms with Crippen LogP contribution in [0.25, 0.3) is 10.8 Å². The Balaban J connectivity index is 1.66. The van der Waals surface area contributed by atoms with E-state index in [0.717, 1.165) is 46.4 Å². The molecule has 0 spiro atoms. The van der Waals surface area contributed by atoms with Crippen LogP contribution in [0.4, 0.5) is 5.69 Å². The third-order valence-electron chi connectivity index (χ3n) is 5.89. The molecule has 5 nitrogen and oxygen atoms in total. The highest BCUT2D eigenvalue weighted by Gasteiger charge is 2.35. The Labute approximate surface area is 187 Å². The van der Waals surface area contributed by atoms with Crippen molar-refractivity contribution in [3.8, 4) is 5.75 Å². The van der Waals surface area contributed by atoms with Crippen LogP contribution in [-0.4, -0.2) is 17.4 Å². The molecular formula is C27H26N2O3. The molecule has 4 aromatic rings. The number of nitrogens with one attached hydrogen (secondary N) is 1. The van der Waals surface area contributed by atoms with Crippen LogP contribution in [0.3, 0.4) is 0 Å². The molecule has 0 radical (unpaired) electrons. The predicted octanol–water partition coefficient (Wildman–Crippen LogP) is 6.38. The average Bonchev–Trinajstić information content (AvgIpc) is 3.34. The number of carbonyl (C=O) groups excluding carboxylic acids is 1. The summed E-state index contributed by atoms with van der Waals surface area (Å²) in [6.45, 7) is 3.14. The van der Waals surface area contributed by atoms with Crippen LogP contribution >= 0.6 is 0 Å². The number of benzene rings is 3. The van der Waals surface area contributed by atoms with Crippen LogP contribution in [0.2, 0.25) is 0 Å². The molecule has 3 aromatic carbocycles. The van der Waals surface area contributed by atoms with Crippen molar-refractivity contribution in [1.29, 1.82) is 0 Å². The van der Waals surface area contributed by atoms with Crippen molar-refractivity contribution in [3.63, 3.8) is 0 Å². The van der Waals surface area contributed by atoms with Gasteiger partial charge in [-0.15, -0.1) is 0 Å². The Morgan fingerprint density at radius 1 is 1.00 bits per heavy atom. The van der Waals surface area contributed by atoms with Crippen LogP contribution < -0.4 is 10.1 Å². The number of rotatable bonds is 7. The van der Waals surface area contributed by atoms with E-state index in [9.17, 15) is 4.79 Å². The number of furan rings is 1. The Bertz CT molecular complexity index is 1230. The molecule has 0 fully saturated rings. The van der Waals surface area contributed by atoms with Crippen LogP contribution in [0.15, 0.2) is 83.5 Å². The smallest absolute Gasteiger partial charge is 0.258 e. The second-order valence-corrected chi connectivity index (χ2v) is 8.01. The third-order valence-corrected chi connectivity index (χ3v) is 5.89. The first-order valence-electron chi connectivity index (χ1n) is 11.1. The maximum atomic E-state index is 13.6. The van der Waals surface area contributed by atoms with E-state index in [4.69, 9.17) is 9.15 Å². The van der Waals surface area contributed by atoms with E-state index >= 15 is 0 Å². The predicted molar refractivity (Wildman–Crippen MR) is 126 cm³/mol. The molecule has 1 unspecified atom stereocenters. The molecule has 1 N–H and O–H groups in total. The van der Waals surface area contributed by atoms with Crippen LogP contribution in [-0.2, 0) is 6.54 Å². The first-order valence-corrected chi connectivity index (χ1v) is 11.1. The zero-order valence-corrected chi connectivity index (χ0v) is 18.1. The number of anilines is 1. The van der Waals surface area contributed by atoms with Gasteiger partial charge in [-0.25, -0.2) is 0 Å². The number of unbranched alkanes of at least 4 members (excludes halogenated alkanes) is 1. The molecule has 1 aliphatic rings. The van der Waals surface area contributed by atoms with Crippen LogP contribution in [0.1, 0.15) is 47.6 Å². The second kappa shape index (κ2) is 8.79. The fraction of sp³-hybridized carbons (Fsp3) is 0.222. The number of nitrogens with zero attached hydrogens (tertiary/aromatic N) is 1. The van der Waals surface area contributed by atoms with Crippen LogP contribution in [0.5, 0.6) is 5.75 Å². The van der Waals surface area contributed by atoms with Gasteiger partial charge in [0.1, 0.15) is 17.7 Å². The van der Waals surface area contributed by atoms with Crippen molar-refractivity contribution < 1.29 is 13.9 Å². The Morgan fingerprint density at radius 3 is 2.69 bits per heavy atom. The van der Waals surface area contributed by atoms with E-state index in [-0.39, 0.29) is 5.91 Å². The lowest BCUT2D eigenvalue weighted by molar-refractivity contribution is 0.0650. The summed E-state index contributed by atoms with van der Waals surface area (Å²) in [6, 6.07) is 23.7. The quantitative estimate of drug-likeness (QED) is 0.349. The first kappa shape index (κ1) is 20.2. The molecular weight excluding hydrogens is 400 g/mol. The van der Waals surface area contributed by atoms with Gasteiger partial charge in [-0.05, 0) is 47.5 Å². The van der Waals surface area contributed by atoms with Gasteiger partial charge in [0, 0.05) is 11.3 Å². The van der Waals surface area contributed by atoms with Gasteiger partial charge in [0.15, 0.2) is 0 Å². The first-order chi connectivity index (χ1) is 15.8. The summed E-state index contributed by atoms with van der Waals surface area (Å²) in [4.78, 5) is 15.5. The lowest BCUT2D eigenvalue weighted by atomic mass is 9.97. The highest BCUT2D eigenvalue weighted by Crippen LogP contribution is 2.41. The molecule has 162 valence electrons. The van der Waals surface area contributed by atoms with Gasteiger partial charge < -0.3 is 19.4 Å². The lowest BCUT2D eigenvalue weighted by Gasteiger charge is -2.38. The van der Waals surface area contributed by atoms with Gasteiger partial charge in [0.2, 0.25) is 0 Å². The number of hydrogen-bond donors (Lipinski definition) is 1. The van der Waals surface area contributed by atoms with Gasteiger partial charge in [0.25, 0.3) is 5.91 Å². The van der Waals surface area contributed by atoms with E-state index in [1.165, 1.54) is 0 Å². The van der Waals surface area contributed by atoms with Gasteiger partial charge in [-0.1, -0.05) is 55.8 Å². The maximum Gasteiger partial charge on any atom is 0.258 e. The molecule has 0 aliphatic carbocycles. The molecule has 1 atom stereocenters. The Kier molecular flexibility index (Phi) is 5.55. The summed E-state index contributed by atoms with van der Waals surface area (Å²) >= 11 is 0. The van der Waals surface area contributed by atoms with Crippen molar-refractivity contribution in [1.82, 2.24) is 4.90 Å². The number of amides is 1. The van der Waals surface area contributed by atoms with Crippen molar-refractivity contribution in [2.75, 3.05) is 11.9 Å². The summed E-state index contributed by atoms with van der Waals surface area (Å²) in [5.74, 6) is 1.50. The molecule has 2 heterocycles. The highest BCUT2D eigenvalue weighted by atomic mass is 16.5. The normalized spacial score (nSPS) is 15.5. The summed E-state index contributed by atoms with van der Waals surface area (Å²) in [6.07, 6.45) is 3.27. The highest BCUT2D eigenvalue weighted by molar-refractivity contribution is 6.02. The molecule has 0 bridgehead atoms. The molecule has 1 aliphatic heterocycles. The third kappa shape index (κ3) is 3.71. The Hall–Kier alpha value is -3.73. The van der Waals surface area contributed by atoms with Gasteiger partial charge >= 0.3 is 0 Å². The number of para-hydroxylation sites is 1. The van der Waals surface area contributed by atoms with Crippen molar-refractivity contribution in [2.24, 2.45) is 0 Å². The van der Waals surface area contributed by atoms with Crippen molar-refractivity contribution in [3.05, 3.63) is 95.9 Å². The summed E-state index contributed by atoms with van der Waals surface area (Å²) in [7, 11) is 0. The minimum absolute atomic E-state index is 0.0341. The second-order valence-electron chi connectivity index (χ2n) is 8.01. The number of ether oxygens (including phenoxy) is 1. The summed E-state index contributed by atoms with van der Waals surface area (Å²) < 4.78 is 11.8. The molecule has 5 rings (SSSR count). The van der Waals surface area contributed by atoms with Crippen molar-refractivity contribution >= 4 is 22.4 Å². The van der Waals surface area contributed by atoms with E-state index < -0.39 is 6.17 Å². The fourth-order valence-corrected chi connectivity index (χ4v) is 4.26. The van der Waals surface area contributed by atoms with Gasteiger partial charge in [-0.2, -0.15) is 0 Å². The lowest BCUT2D eigenvalue weighted by Crippen LogP contribution is -2.42. The zero-order chi connectivity index (χ0) is 21.9. The average molecular weight is 427 g/mol. The van der Waals surface area contributed by atoms with E-state index in [0.29, 0.717) is 18.7 Å². The molecule has 0 saturated heterocycles. The molecule has 1 aromatic heterocycles. The summed E-state index contributed by atoms with van der Waals surface area (Å²) in [5.41, 5.74) is 2.45. The molecule has 32 heavy (non-hydrogen) atoms. The number of fused-ring (bicyclic) bond motifs is 2. The largest absolute Gasteiger partial charge is 0.493 e. The monoisotopic (exact) mass is 426 g/mol. The SMILES string of the molecule is CCCCOc1ccc2ccccc2c1C1Nc2ccccc2C(=O)N1Cc1ccco1.